The number of hydrogen-bond acceptors (Lipinski definition) is 7. The molecule has 9 nitrogen and oxygen atoms in total. The van der Waals surface area contributed by atoms with Crippen LogP contribution in [0.4, 0.5) is 0 Å². The second-order valence-electron chi connectivity index (χ2n) is 5.00. The standard InChI is InChI=1S/C13H19ClN2O7/c1-7(14)21-4-5-22-11-10(19)8(6-17)23-12(11)16-3-2-9(18)15-13(16)20/h2-3,7-8,10-12,17,19H,4-6H2,1H3,(H,15,18,20)/t7?,8-,10-,11-,12-/m1/s1. The fourth-order valence-corrected chi connectivity index (χ4v) is 2.38. The number of alkyl halides is 1. The normalized spacial score (nSPS) is 28.9. The number of hydrogen-bond donors (Lipinski definition) is 3. The van der Waals surface area contributed by atoms with Gasteiger partial charge in [0.05, 0.1) is 19.8 Å². The Kier molecular flexibility index (Phi) is 6.33. The number of nitrogens with one attached hydrogen (secondary N) is 1. The van der Waals surface area contributed by atoms with E-state index in [1.165, 1.54) is 6.20 Å². The molecule has 0 saturated carbocycles. The lowest BCUT2D eigenvalue weighted by molar-refractivity contribution is -0.0854. The van der Waals surface area contributed by atoms with Gasteiger partial charge in [-0.25, -0.2) is 4.79 Å². The Morgan fingerprint density at radius 3 is 2.83 bits per heavy atom. The lowest BCUT2D eigenvalue weighted by Gasteiger charge is -2.22. The third kappa shape index (κ3) is 4.40. The van der Waals surface area contributed by atoms with Crippen LogP contribution in [0.1, 0.15) is 13.2 Å². The van der Waals surface area contributed by atoms with Crippen molar-refractivity contribution in [2.45, 2.75) is 37.0 Å². The molecule has 1 aromatic heterocycles. The quantitative estimate of drug-likeness (QED) is 0.416. The Labute approximate surface area is 136 Å². The van der Waals surface area contributed by atoms with E-state index in [-0.39, 0.29) is 13.2 Å². The van der Waals surface area contributed by atoms with Crippen molar-refractivity contribution in [3.63, 3.8) is 0 Å². The van der Waals surface area contributed by atoms with Gasteiger partial charge in [-0.05, 0) is 6.92 Å². The molecule has 0 radical (unpaired) electrons. The number of halogens is 1. The molecule has 2 rings (SSSR count). The highest BCUT2D eigenvalue weighted by atomic mass is 35.5. The van der Waals surface area contributed by atoms with Crippen molar-refractivity contribution in [3.05, 3.63) is 33.1 Å². The molecule has 1 aliphatic heterocycles. The van der Waals surface area contributed by atoms with E-state index in [9.17, 15) is 19.8 Å². The van der Waals surface area contributed by atoms with Crippen LogP contribution in [0.3, 0.4) is 0 Å². The average molecular weight is 351 g/mol. The largest absolute Gasteiger partial charge is 0.394 e. The molecule has 3 N–H and O–H groups in total. The molecule has 0 aromatic carbocycles. The van der Waals surface area contributed by atoms with Crippen molar-refractivity contribution in [1.82, 2.24) is 9.55 Å². The van der Waals surface area contributed by atoms with Gasteiger partial charge in [-0.1, -0.05) is 11.6 Å². The van der Waals surface area contributed by atoms with Gasteiger partial charge in [0.25, 0.3) is 5.56 Å². The van der Waals surface area contributed by atoms with Crippen molar-refractivity contribution in [3.8, 4) is 0 Å². The highest BCUT2D eigenvalue weighted by molar-refractivity contribution is 6.19. The molecule has 1 unspecified atom stereocenters. The predicted octanol–water partition coefficient (Wildman–Crippen LogP) is -1.23. The molecule has 0 spiro atoms. The number of aliphatic hydroxyl groups excluding tert-OH is 2. The maximum absolute atomic E-state index is 11.9. The van der Waals surface area contributed by atoms with E-state index in [1.54, 1.807) is 6.92 Å². The Balaban J connectivity index is 2.14. The molecule has 23 heavy (non-hydrogen) atoms. The van der Waals surface area contributed by atoms with E-state index in [4.69, 9.17) is 25.8 Å². The van der Waals surface area contributed by atoms with Gasteiger partial charge in [0.15, 0.2) is 6.23 Å². The summed E-state index contributed by atoms with van der Waals surface area (Å²) in [7, 11) is 0. The van der Waals surface area contributed by atoms with Crippen LogP contribution < -0.4 is 11.2 Å². The number of rotatable bonds is 7. The van der Waals surface area contributed by atoms with E-state index in [2.05, 4.69) is 4.98 Å². The molecule has 0 bridgehead atoms. The van der Waals surface area contributed by atoms with Gasteiger partial charge < -0.3 is 24.4 Å². The molecule has 2 heterocycles. The van der Waals surface area contributed by atoms with E-state index < -0.39 is 48.0 Å². The second kappa shape index (κ2) is 8.04. The lowest BCUT2D eigenvalue weighted by atomic mass is 10.1. The minimum Gasteiger partial charge on any atom is -0.394 e. The molecular weight excluding hydrogens is 332 g/mol. The third-order valence-corrected chi connectivity index (χ3v) is 3.49. The summed E-state index contributed by atoms with van der Waals surface area (Å²) < 4.78 is 17.2. The Bertz CT molecular complexity index is 617. The molecular formula is C13H19ClN2O7. The van der Waals surface area contributed by atoms with Crippen LogP contribution in [-0.4, -0.2) is 63.5 Å². The van der Waals surface area contributed by atoms with Gasteiger partial charge in [0.2, 0.25) is 0 Å². The number of H-pyrrole nitrogens is 1. The summed E-state index contributed by atoms with van der Waals surface area (Å²) >= 11 is 5.64. The first-order valence-corrected chi connectivity index (χ1v) is 7.51. The summed E-state index contributed by atoms with van der Waals surface area (Å²) in [5, 5.41) is 19.4. The van der Waals surface area contributed by atoms with Crippen molar-refractivity contribution >= 4 is 11.6 Å². The third-order valence-electron chi connectivity index (χ3n) is 3.36. The molecule has 130 valence electrons. The summed E-state index contributed by atoms with van der Waals surface area (Å²) in [6.07, 6.45) is -2.70. The molecule has 1 aliphatic rings. The summed E-state index contributed by atoms with van der Waals surface area (Å²) in [6, 6.07) is 1.15. The summed E-state index contributed by atoms with van der Waals surface area (Å²) in [4.78, 5) is 25.1. The van der Waals surface area contributed by atoms with Crippen LogP contribution in [0.5, 0.6) is 0 Å². The Morgan fingerprint density at radius 2 is 2.22 bits per heavy atom. The van der Waals surface area contributed by atoms with Crippen molar-refractivity contribution < 1.29 is 24.4 Å². The SMILES string of the molecule is CC(Cl)OCCO[C@@H]1[C@H](O)[C@@H](CO)O[C@H]1n1ccc(=O)[nH]c1=O. The average Bonchev–Trinajstić information content (AvgIpc) is 2.80. The number of aromatic nitrogens is 2. The minimum absolute atomic E-state index is 0.106. The van der Waals surface area contributed by atoms with Crippen molar-refractivity contribution in [1.29, 1.82) is 0 Å². The summed E-state index contributed by atoms with van der Waals surface area (Å²) in [5.41, 5.74) is -1.73. The van der Waals surface area contributed by atoms with Gasteiger partial charge in [-0.3, -0.25) is 14.3 Å². The van der Waals surface area contributed by atoms with Crippen LogP contribution >= 0.6 is 11.6 Å². The first-order chi connectivity index (χ1) is 10.9. The maximum atomic E-state index is 11.9. The van der Waals surface area contributed by atoms with E-state index >= 15 is 0 Å². The van der Waals surface area contributed by atoms with E-state index in [0.717, 1.165) is 10.6 Å². The van der Waals surface area contributed by atoms with E-state index in [0.29, 0.717) is 0 Å². The van der Waals surface area contributed by atoms with Crippen LogP contribution in [-0.2, 0) is 14.2 Å². The van der Waals surface area contributed by atoms with Gasteiger partial charge in [-0.15, -0.1) is 0 Å². The summed E-state index contributed by atoms with van der Waals surface area (Å²) in [5.74, 6) is 0. The highest BCUT2D eigenvalue weighted by Gasteiger charge is 2.45. The number of ether oxygens (including phenoxy) is 3. The van der Waals surface area contributed by atoms with Gasteiger partial charge in [0, 0.05) is 12.3 Å². The van der Waals surface area contributed by atoms with E-state index in [1.807, 2.05) is 0 Å². The zero-order valence-corrected chi connectivity index (χ0v) is 13.2. The van der Waals surface area contributed by atoms with Crippen LogP contribution in [0.25, 0.3) is 0 Å². The number of aliphatic hydroxyl groups is 2. The highest BCUT2D eigenvalue weighted by Crippen LogP contribution is 2.30. The lowest BCUT2D eigenvalue weighted by Crippen LogP contribution is -2.39. The van der Waals surface area contributed by atoms with Crippen LogP contribution in [0.2, 0.25) is 0 Å². The summed E-state index contributed by atoms with van der Waals surface area (Å²) in [6.45, 7) is 1.50. The Hall–Kier alpha value is -1.23. The van der Waals surface area contributed by atoms with Crippen LogP contribution in [0, 0.1) is 0 Å². The maximum Gasteiger partial charge on any atom is 0.330 e. The first kappa shape index (κ1) is 18.1. The topological polar surface area (TPSA) is 123 Å². The molecule has 10 heteroatoms. The Morgan fingerprint density at radius 1 is 1.48 bits per heavy atom. The van der Waals surface area contributed by atoms with Crippen LogP contribution in [0.15, 0.2) is 21.9 Å². The molecule has 5 atom stereocenters. The first-order valence-electron chi connectivity index (χ1n) is 7.07. The zero-order chi connectivity index (χ0) is 17.0. The van der Waals surface area contributed by atoms with Gasteiger partial charge >= 0.3 is 5.69 Å². The molecule has 0 aliphatic carbocycles. The van der Waals surface area contributed by atoms with Gasteiger partial charge in [0.1, 0.15) is 23.9 Å². The molecule has 1 aromatic rings. The molecule has 0 amide bonds. The minimum atomic E-state index is -1.14. The monoisotopic (exact) mass is 350 g/mol. The number of aromatic amines is 1. The molecule has 1 saturated heterocycles. The fraction of sp³-hybridized carbons (Fsp3) is 0.692. The number of nitrogens with zero attached hydrogens (tertiary/aromatic N) is 1. The smallest absolute Gasteiger partial charge is 0.330 e. The van der Waals surface area contributed by atoms with Crippen molar-refractivity contribution in [2.75, 3.05) is 19.8 Å². The second-order valence-corrected chi connectivity index (χ2v) is 5.62. The zero-order valence-electron chi connectivity index (χ0n) is 12.4. The van der Waals surface area contributed by atoms with Gasteiger partial charge in [-0.2, -0.15) is 0 Å². The molecule has 1 fully saturated rings. The predicted molar refractivity (Wildman–Crippen MR) is 79.3 cm³/mol. The fourth-order valence-electron chi connectivity index (χ4n) is 2.30. The van der Waals surface area contributed by atoms with Crippen molar-refractivity contribution in [2.24, 2.45) is 0 Å².